The van der Waals surface area contributed by atoms with Crippen LogP contribution in [0.2, 0.25) is 18.6 Å². The van der Waals surface area contributed by atoms with E-state index in [0.717, 1.165) is 24.9 Å². The second kappa shape index (κ2) is 11.2. The first-order chi connectivity index (χ1) is 19.5. The van der Waals surface area contributed by atoms with Gasteiger partial charge in [0.2, 0.25) is 14.3 Å². The summed E-state index contributed by atoms with van der Waals surface area (Å²) >= 11 is 0. The molecule has 3 aliphatic heterocycles. The fourth-order valence-corrected chi connectivity index (χ4v) is 9.50. The Balaban J connectivity index is 1.49. The van der Waals surface area contributed by atoms with E-state index < -0.39 is 42.4 Å². The van der Waals surface area contributed by atoms with Gasteiger partial charge in [0.25, 0.3) is 11.6 Å². The number of anilines is 2. The van der Waals surface area contributed by atoms with Crippen LogP contribution < -0.4 is 15.5 Å². The average molecular weight is 585 g/mol. The normalized spacial score (nSPS) is 27.7. The van der Waals surface area contributed by atoms with Crippen molar-refractivity contribution in [2.24, 2.45) is 11.8 Å². The van der Waals surface area contributed by atoms with E-state index in [2.05, 4.69) is 10.6 Å². The first-order valence-corrected chi connectivity index (χ1v) is 17.1. The van der Waals surface area contributed by atoms with E-state index in [9.17, 15) is 24.8 Å². The molecule has 10 nitrogen and oxygen atoms in total. The highest BCUT2D eigenvalue weighted by Gasteiger charge is 2.66. The van der Waals surface area contributed by atoms with E-state index in [-0.39, 0.29) is 37.1 Å². The van der Waals surface area contributed by atoms with Gasteiger partial charge in [-0.2, -0.15) is 0 Å². The molecule has 3 heterocycles. The van der Waals surface area contributed by atoms with Crippen molar-refractivity contribution in [2.75, 3.05) is 29.9 Å². The molecule has 1 spiro atoms. The number of aliphatic hydroxyl groups excluding tert-OH is 1. The predicted molar refractivity (Wildman–Crippen MR) is 155 cm³/mol. The number of nitro groups is 1. The molecule has 41 heavy (non-hydrogen) atoms. The van der Waals surface area contributed by atoms with Crippen molar-refractivity contribution in [2.45, 2.75) is 63.1 Å². The Labute approximate surface area is 239 Å². The molecule has 3 N–H and O–H groups in total. The number of ether oxygens (including phenoxy) is 1. The van der Waals surface area contributed by atoms with E-state index in [1.165, 1.54) is 17.0 Å². The molecule has 3 aliphatic rings. The Morgan fingerprint density at radius 1 is 1.32 bits per heavy atom. The lowest BCUT2D eigenvalue weighted by Crippen LogP contribution is -2.45. The Bertz CT molecular complexity index is 1350. The van der Waals surface area contributed by atoms with Crippen LogP contribution in [0.25, 0.3) is 0 Å². The Morgan fingerprint density at radius 2 is 2.10 bits per heavy atom. The molecule has 0 aromatic heterocycles. The molecule has 2 saturated heterocycles. The number of carbonyl (C=O) groups excluding carboxylic acids is 2. The van der Waals surface area contributed by atoms with Crippen LogP contribution in [0.5, 0.6) is 0 Å². The minimum atomic E-state index is -3.39. The van der Waals surface area contributed by atoms with E-state index in [1.54, 1.807) is 38.2 Å². The molecule has 2 fully saturated rings. The topological polar surface area (TPSA) is 134 Å². The van der Waals surface area contributed by atoms with Crippen molar-refractivity contribution in [3.8, 4) is 0 Å². The summed E-state index contributed by atoms with van der Waals surface area (Å²) in [4.78, 5) is 39.9. The zero-order valence-corrected chi connectivity index (χ0v) is 24.6. The van der Waals surface area contributed by atoms with Gasteiger partial charge in [-0.1, -0.05) is 19.1 Å². The van der Waals surface area contributed by atoms with E-state index in [4.69, 9.17) is 4.74 Å². The Kier molecular flexibility index (Phi) is 8.03. The number of benzene rings is 2. The van der Waals surface area contributed by atoms with E-state index in [1.807, 2.05) is 12.1 Å². The number of halogens is 1. The van der Waals surface area contributed by atoms with Gasteiger partial charge in [0, 0.05) is 48.0 Å². The molecule has 12 heteroatoms. The number of piperidine rings is 1. The van der Waals surface area contributed by atoms with Crippen LogP contribution in [0, 0.1) is 22.0 Å². The van der Waals surface area contributed by atoms with Crippen LogP contribution >= 0.6 is 0 Å². The van der Waals surface area contributed by atoms with Gasteiger partial charge < -0.3 is 29.5 Å². The number of amides is 2. The minimum absolute atomic E-state index is 0.0599. The van der Waals surface area contributed by atoms with Crippen LogP contribution in [-0.4, -0.2) is 56.1 Å². The second-order valence-corrected chi connectivity index (χ2v) is 15.7. The van der Waals surface area contributed by atoms with Gasteiger partial charge >= 0.3 is 0 Å². The number of hydrogen-bond acceptors (Lipinski definition) is 7. The molecule has 220 valence electrons. The van der Waals surface area contributed by atoms with Crippen molar-refractivity contribution in [3.63, 3.8) is 0 Å². The first-order valence-electron chi connectivity index (χ1n) is 14.2. The number of hydrogen-bond donors (Lipinski definition) is 3. The maximum absolute atomic E-state index is 15.7. The number of nitrogens with zero attached hydrogens (tertiary/aromatic N) is 2. The van der Waals surface area contributed by atoms with Gasteiger partial charge in [0.15, 0.2) is 5.60 Å². The van der Waals surface area contributed by atoms with Gasteiger partial charge in [0.1, 0.15) is 0 Å². The lowest BCUT2D eigenvalue weighted by Gasteiger charge is -2.31. The highest BCUT2D eigenvalue weighted by atomic mass is 28.4. The van der Waals surface area contributed by atoms with Crippen molar-refractivity contribution in [3.05, 3.63) is 63.7 Å². The Hall–Kier alpha value is -3.19. The van der Waals surface area contributed by atoms with E-state index >= 15 is 4.11 Å². The van der Waals surface area contributed by atoms with Crippen molar-refractivity contribution in [1.82, 2.24) is 5.32 Å². The second-order valence-electron chi connectivity index (χ2n) is 11.9. The highest BCUT2D eigenvalue weighted by Crippen LogP contribution is 2.60. The van der Waals surface area contributed by atoms with Gasteiger partial charge in [-0.05, 0) is 62.7 Å². The summed E-state index contributed by atoms with van der Waals surface area (Å²) < 4.78 is 22.1. The molecule has 2 amide bonds. The molecule has 2 aromatic rings. The summed E-state index contributed by atoms with van der Waals surface area (Å²) in [5.74, 6) is -1.19. The zero-order chi connectivity index (χ0) is 29.5. The average Bonchev–Trinajstić information content (AvgIpc) is 3.36. The number of rotatable bonds is 8. The number of non-ortho nitro benzene ring substituents is 1. The molecular weight excluding hydrogens is 547 g/mol. The standard InChI is InChI=1S/C29H37FN4O6Si/c1-18-26(41(2,3)30)25(11-13-35)40-29(18)23-15-22(34(38)39)9-10-24(23)33(28(29)37)17-19-6-4-8-21(14-19)32-27(36)20-7-5-12-31-16-20/h4,6,8-10,14-15,18,20,25-26,31,35H,5,7,11-13,16-17H2,1-3H3,(H,32,36)/t18-,20?,25+,26-,29+/m1/s1. The lowest BCUT2D eigenvalue weighted by molar-refractivity contribution is -0.385. The van der Waals surface area contributed by atoms with Gasteiger partial charge in [-0.25, -0.2) is 0 Å². The zero-order valence-electron chi connectivity index (χ0n) is 23.6. The SMILES string of the molecule is C[C@@H]1[C@@H]([Si](C)(C)F)[C@H](CCO)O[C@@]12C(=O)N(Cc1cccc(NC(=O)C3CCCNC3)c1)c1ccc([N+](=O)[O-])cc12. The van der Waals surface area contributed by atoms with Crippen LogP contribution in [0.4, 0.5) is 21.2 Å². The highest BCUT2D eigenvalue weighted by molar-refractivity contribution is 6.72. The van der Waals surface area contributed by atoms with Crippen LogP contribution in [0.1, 0.15) is 37.3 Å². The van der Waals surface area contributed by atoms with Crippen LogP contribution in [0.15, 0.2) is 42.5 Å². The summed E-state index contributed by atoms with van der Waals surface area (Å²) in [7, 11) is -3.39. The smallest absolute Gasteiger partial charge is 0.269 e. The molecule has 0 bridgehead atoms. The molecule has 2 aromatic carbocycles. The predicted octanol–water partition coefficient (Wildman–Crippen LogP) is 4.24. The number of nitrogens with one attached hydrogen (secondary N) is 2. The third-order valence-electron chi connectivity index (χ3n) is 8.77. The third-order valence-corrected chi connectivity index (χ3v) is 11.2. The van der Waals surface area contributed by atoms with Crippen molar-refractivity contribution < 1.29 is 28.5 Å². The van der Waals surface area contributed by atoms with Crippen LogP contribution in [-0.2, 0) is 26.5 Å². The lowest BCUT2D eigenvalue weighted by atomic mass is 9.82. The maximum Gasteiger partial charge on any atom is 0.269 e. The largest absolute Gasteiger partial charge is 0.396 e. The molecule has 0 radical (unpaired) electrons. The fourth-order valence-electron chi connectivity index (χ4n) is 6.95. The molecule has 5 atom stereocenters. The number of fused-ring (bicyclic) bond motifs is 2. The number of nitro benzene ring substituents is 1. The summed E-state index contributed by atoms with van der Waals surface area (Å²) in [5, 5.41) is 27.7. The molecule has 0 saturated carbocycles. The molecule has 1 unspecified atom stereocenters. The number of carbonyl (C=O) groups is 2. The summed E-state index contributed by atoms with van der Waals surface area (Å²) in [6, 6.07) is 11.5. The summed E-state index contributed by atoms with van der Waals surface area (Å²) in [6.45, 7) is 6.34. The molecule has 5 rings (SSSR count). The van der Waals surface area contributed by atoms with Gasteiger partial charge in [-0.3, -0.25) is 19.7 Å². The van der Waals surface area contributed by atoms with Gasteiger partial charge in [-0.15, -0.1) is 0 Å². The van der Waals surface area contributed by atoms with Crippen molar-refractivity contribution in [1.29, 1.82) is 0 Å². The number of aliphatic hydroxyl groups is 1. The summed E-state index contributed by atoms with van der Waals surface area (Å²) in [6.07, 6.45) is 1.22. The maximum atomic E-state index is 15.7. The monoisotopic (exact) mass is 584 g/mol. The van der Waals surface area contributed by atoms with Gasteiger partial charge in [0.05, 0.1) is 29.2 Å². The quantitative estimate of drug-likeness (QED) is 0.183. The summed E-state index contributed by atoms with van der Waals surface area (Å²) in [5.41, 5.74) is -0.218. The minimum Gasteiger partial charge on any atom is -0.396 e. The fraction of sp³-hybridized carbons (Fsp3) is 0.517. The molecular formula is C29H37FN4O6Si. The third kappa shape index (κ3) is 5.29. The Morgan fingerprint density at radius 3 is 2.76 bits per heavy atom. The van der Waals surface area contributed by atoms with Crippen molar-refractivity contribution >= 4 is 37.3 Å². The molecule has 0 aliphatic carbocycles. The van der Waals surface area contributed by atoms with E-state index in [0.29, 0.717) is 23.5 Å². The first kappa shape index (κ1) is 29.3. The van der Waals surface area contributed by atoms with Crippen LogP contribution in [0.3, 0.4) is 0 Å².